The molecular formula is C16H27NO3S. The molecule has 4 nitrogen and oxygen atoms in total. The molecule has 120 valence electrons. The highest BCUT2D eigenvalue weighted by molar-refractivity contribution is 7.91. The lowest BCUT2D eigenvalue weighted by Crippen LogP contribution is -2.26. The number of hydrogen-bond acceptors (Lipinski definition) is 4. The summed E-state index contributed by atoms with van der Waals surface area (Å²) < 4.78 is 28.6. The van der Waals surface area contributed by atoms with E-state index in [1.54, 1.807) is 14.0 Å². The summed E-state index contributed by atoms with van der Waals surface area (Å²) in [5, 5.41) is 3.33. The fraction of sp³-hybridized carbons (Fsp3) is 0.625. The molecule has 0 fully saturated rings. The van der Waals surface area contributed by atoms with E-state index in [1.165, 1.54) is 5.56 Å². The summed E-state index contributed by atoms with van der Waals surface area (Å²) in [6.07, 6.45) is 1.56. The van der Waals surface area contributed by atoms with Crippen molar-refractivity contribution in [2.75, 3.05) is 31.7 Å². The van der Waals surface area contributed by atoms with Gasteiger partial charge in [0.15, 0.2) is 0 Å². The monoisotopic (exact) mass is 313 g/mol. The van der Waals surface area contributed by atoms with E-state index < -0.39 is 9.84 Å². The molecule has 0 radical (unpaired) electrons. The molecule has 1 atom stereocenters. The van der Waals surface area contributed by atoms with E-state index in [-0.39, 0.29) is 11.5 Å². The maximum absolute atomic E-state index is 11.7. The number of nitrogens with one attached hydrogen (secondary N) is 1. The van der Waals surface area contributed by atoms with Crippen LogP contribution < -0.4 is 10.1 Å². The standard InChI is InChI=1S/C16H27NO3S/c1-4-17-13-15(9-10-21(18,19)5-2)11-14-7-6-8-16(12-14)20-3/h6-8,12,15,17H,4-5,9-11,13H2,1-3H3. The van der Waals surface area contributed by atoms with Gasteiger partial charge in [0, 0.05) is 5.75 Å². The third kappa shape index (κ3) is 6.96. The average molecular weight is 313 g/mol. The molecule has 0 amide bonds. The minimum atomic E-state index is -2.90. The van der Waals surface area contributed by atoms with Crippen LogP contribution in [0, 0.1) is 5.92 Å². The smallest absolute Gasteiger partial charge is 0.150 e. The largest absolute Gasteiger partial charge is 0.497 e. The molecule has 0 aliphatic carbocycles. The fourth-order valence-electron chi connectivity index (χ4n) is 2.25. The molecule has 0 saturated carbocycles. The Labute approximate surface area is 128 Å². The van der Waals surface area contributed by atoms with Crippen LogP contribution in [0.5, 0.6) is 5.75 Å². The molecule has 1 aromatic rings. The highest BCUT2D eigenvalue weighted by Crippen LogP contribution is 2.18. The second-order valence-corrected chi connectivity index (χ2v) is 7.73. The molecule has 1 unspecified atom stereocenters. The van der Waals surface area contributed by atoms with Gasteiger partial charge in [0.05, 0.1) is 12.9 Å². The average Bonchev–Trinajstić information content (AvgIpc) is 2.50. The van der Waals surface area contributed by atoms with Gasteiger partial charge in [-0.3, -0.25) is 0 Å². The van der Waals surface area contributed by atoms with E-state index in [9.17, 15) is 8.42 Å². The first-order valence-electron chi connectivity index (χ1n) is 7.54. The third-order valence-corrected chi connectivity index (χ3v) is 5.36. The van der Waals surface area contributed by atoms with Crippen LogP contribution in [0.4, 0.5) is 0 Å². The van der Waals surface area contributed by atoms with E-state index in [4.69, 9.17) is 4.74 Å². The van der Waals surface area contributed by atoms with Gasteiger partial charge in [-0.25, -0.2) is 8.42 Å². The van der Waals surface area contributed by atoms with Gasteiger partial charge in [-0.15, -0.1) is 0 Å². The Morgan fingerprint density at radius 2 is 2.05 bits per heavy atom. The molecule has 0 aromatic heterocycles. The van der Waals surface area contributed by atoms with Crippen LogP contribution in [-0.4, -0.2) is 40.1 Å². The molecular weight excluding hydrogens is 286 g/mol. The lowest BCUT2D eigenvalue weighted by Gasteiger charge is -2.17. The van der Waals surface area contributed by atoms with Crippen LogP contribution in [-0.2, 0) is 16.3 Å². The van der Waals surface area contributed by atoms with Gasteiger partial charge in [-0.1, -0.05) is 26.0 Å². The fourth-order valence-corrected chi connectivity index (χ4v) is 3.23. The summed E-state index contributed by atoms with van der Waals surface area (Å²) in [6, 6.07) is 7.98. The molecule has 1 N–H and O–H groups in total. The van der Waals surface area contributed by atoms with Crippen LogP contribution in [0.25, 0.3) is 0 Å². The van der Waals surface area contributed by atoms with E-state index in [2.05, 4.69) is 18.3 Å². The Bertz CT molecular complexity index is 514. The summed E-state index contributed by atoms with van der Waals surface area (Å²) >= 11 is 0. The van der Waals surface area contributed by atoms with Gasteiger partial charge in [0.25, 0.3) is 0 Å². The van der Waals surface area contributed by atoms with Crippen molar-refractivity contribution in [3.8, 4) is 5.75 Å². The third-order valence-electron chi connectivity index (χ3n) is 3.62. The maximum atomic E-state index is 11.7. The normalized spacial score (nSPS) is 13.1. The zero-order valence-corrected chi connectivity index (χ0v) is 14.1. The van der Waals surface area contributed by atoms with Crippen LogP contribution in [0.1, 0.15) is 25.8 Å². The molecule has 0 bridgehead atoms. The van der Waals surface area contributed by atoms with Crippen LogP contribution in [0.3, 0.4) is 0 Å². The van der Waals surface area contributed by atoms with Crippen molar-refractivity contribution in [3.63, 3.8) is 0 Å². The van der Waals surface area contributed by atoms with E-state index in [0.29, 0.717) is 12.3 Å². The first-order valence-corrected chi connectivity index (χ1v) is 9.37. The SMILES string of the molecule is CCNCC(CCS(=O)(=O)CC)Cc1cccc(OC)c1. The van der Waals surface area contributed by atoms with Gasteiger partial charge < -0.3 is 10.1 Å². The quantitative estimate of drug-likeness (QED) is 0.720. The molecule has 21 heavy (non-hydrogen) atoms. The number of ether oxygens (including phenoxy) is 1. The molecule has 5 heteroatoms. The predicted octanol–water partition coefficient (Wildman–Crippen LogP) is 2.29. The van der Waals surface area contributed by atoms with E-state index in [0.717, 1.165) is 25.3 Å². The van der Waals surface area contributed by atoms with Crippen molar-refractivity contribution in [3.05, 3.63) is 29.8 Å². The van der Waals surface area contributed by atoms with Crippen molar-refractivity contribution in [1.82, 2.24) is 5.32 Å². The first kappa shape index (κ1) is 18.0. The van der Waals surface area contributed by atoms with Crippen molar-refractivity contribution >= 4 is 9.84 Å². The number of methoxy groups -OCH3 is 1. The Kier molecular flexibility index (Phi) is 7.75. The zero-order valence-electron chi connectivity index (χ0n) is 13.3. The second kappa shape index (κ2) is 9.05. The molecule has 0 spiro atoms. The number of rotatable bonds is 10. The predicted molar refractivity (Wildman–Crippen MR) is 87.7 cm³/mol. The van der Waals surface area contributed by atoms with Gasteiger partial charge in [-0.05, 0) is 49.5 Å². The lowest BCUT2D eigenvalue weighted by atomic mass is 9.96. The van der Waals surface area contributed by atoms with Crippen molar-refractivity contribution in [1.29, 1.82) is 0 Å². The highest BCUT2D eigenvalue weighted by atomic mass is 32.2. The maximum Gasteiger partial charge on any atom is 0.150 e. The number of hydrogen-bond donors (Lipinski definition) is 1. The molecule has 0 aliphatic heterocycles. The van der Waals surface area contributed by atoms with E-state index >= 15 is 0 Å². The second-order valence-electron chi connectivity index (χ2n) is 5.25. The van der Waals surface area contributed by atoms with Crippen LogP contribution in [0.2, 0.25) is 0 Å². The molecule has 1 rings (SSSR count). The van der Waals surface area contributed by atoms with Crippen molar-refractivity contribution < 1.29 is 13.2 Å². The Morgan fingerprint density at radius 3 is 2.67 bits per heavy atom. The highest BCUT2D eigenvalue weighted by Gasteiger charge is 2.15. The summed E-state index contributed by atoms with van der Waals surface area (Å²) in [5.74, 6) is 1.65. The topological polar surface area (TPSA) is 55.4 Å². The zero-order chi connectivity index (χ0) is 15.7. The Hall–Kier alpha value is -1.07. The summed E-state index contributed by atoms with van der Waals surface area (Å²) in [6.45, 7) is 5.50. The van der Waals surface area contributed by atoms with Crippen molar-refractivity contribution in [2.45, 2.75) is 26.7 Å². The molecule has 0 aliphatic rings. The summed E-state index contributed by atoms with van der Waals surface area (Å²) in [5.41, 5.74) is 1.19. The minimum absolute atomic E-state index is 0.222. The molecule has 1 aromatic carbocycles. The lowest BCUT2D eigenvalue weighted by molar-refractivity contribution is 0.412. The minimum Gasteiger partial charge on any atom is -0.497 e. The van der Waals surface area contributed by atoms with Gasteiger partial charge >= 0.3 is 0 Å². The Balaban J connectivity index is 2.68. The number of sulfone groups is 1. The molecule has 0 saturated heterocycles. The van der Waals surface area contributed by atoms with E-state index in [1.807, 2.05) is 18.2 Å². The van der Waals surface area contributed by atoms with Gasteiger partial charge in [-0.2, -0.15) is 0 Å². The Morgan fingerprint density at radius 1 is 1.29 bits per heavy atom. The summed E-state index contributed by atoms with van der Waals surface area (Å²) in [4.78, 5) is 0. The van der Waals surface area contributed by atoms with Crippen LogP contribution >= 0.6 is 0 Å². The van der Waals surface area contributed by atoms with Gasteiger partial charge in [0.2, 0.25) is 0 Å². The summed E-state index contributed by atoms with van der Waals surface area (Å²) in [7, 11) is -1.24. The van der Waals surface area contributed by atoms with Gasteiger partial charge in [0.1, 0.15) is 15.6 Å². The molecule has 0 heterocycles. The first-order chi connectivity index (χ1) is 10.0. The van der Waals surface area contributed by atoms with Crippen molar-refractivity contribution in [2.24, 2.45) is 5.92 Å². The number of benzene rings is 1. The van der Waals surface area contributed by atoms with Crippen LogP contribution in [0.15, 0.2) is 24.3 Å².